The number of fused-ring (bicyclic) bond motifs is 1. The van der Waals surface area contributed by atoms with Crippen LogP contribution in [0.15, 0.2) is 36.8 Å². The van der Waals surface area contributed by atoms with Crippen LogP contribution < -0.4 is 14.8 Å². The van der Waals surface area contributed by atoms with E-state index in [-0.39, 0.29) is 11.6 Å². The second kappa shape index (κ2) is 7.26. The highest BCUT2D eigenvalue weighted by Crippen LogP contribution is 2.53. The Balaban J connectivity index is 1.45. The van der Waals surface area contributed by atoms with Gasteiger partial charge in [-0.1, -0.05) is 0 Å². The first-order valence-corrected chi connectivity index (χ1v) is 10.2. The molecule has 31 heavy (non-hydrogen) atoms. The Kier molecular flexibility index (Phi) is 4.53. The van der Waals surface area contributed by atoms with E-state index >= 15 is 0 Å². The summed E-state index contributed by atoms with van der Waals surface area (Å²) in [6.45, 7) is 1.54. The second-order valence-electron chi connectivity index (χ2n) is 8.14. The first-order valence-electron chi connectivity index (χ1n) is 10.2. The van der Waals surface area contributed by atoms with Crippen LogP contribution in [0.4, 0.5) is 5.69 Å². The van der Waals surface area contributed by atoms with Gasteiger partial charge in [-0.3, -0.25) is 14.0 Å². The number of methoxy groups -OCH3 is 2. The van der Waals surface area contributed by atoms with Crippen molar-refractivity contribution in [3.63, 3.8) is 0 Å². The highest BCUT2D eigenvalue weighted by atomic mass is 16.5. The molecular formula is C22H23N5O4. The SMILES string of the molecule is COc1cc(C(=O)N2CCC3(CC3)C2)cc(NC(=O)c2cn3cccnc3n2)c1OC. The molecule has 1 saturated heterocycles. The predicted molar refractivity (Wildman–Crippen MR) is 113 cm³/mol. The average molecular weight is 421 g/mol. The van der Waals surface area contributed by atoms with Gasteiger partial charge in [0.1, 0.15) is 5.69 Å². The molecule has 0 radical (unpaired) electrons. The summed E-state index contributed by atoms with van der Waals surface area (Å²) in [5.74, 6) is 0.630. The lowest BCUT2D eigenvalue weighted by atomic mass is 10.1. The third-order valence-corrected chi connectivity index (χ3v) is 6.12. The van der Waals surface area contributed by atoms with Crippen LogP contribution in [0.3, 0.4) is 0 Å². The molecule has 2 fully saturated rings. The normalized spacial score (nSPS) is 16.5. The molecule has 1 aliphatic carbocycles. The third kappa shape index (κ3) is 3.45. The largest absolute Gasteiger partial charge is 0.493 e. The van der Waals surface area contributed by atoms with E-state index in [4.69, 9.17) is 9.47 Å². The number of nitrogens with zero attached hydrogens (tertiary/aromatic N) is 4. The maximum Gasteiger partial charge on any atom is 0.276 e. The van der Waals surface area contributed by atoms with Crippen molar-refractivity contribution in [3.8, 4) is 11.5 Å². The topological polar surface area (TPSA) is 98.1 Å². The summed E-state index contributed by atoms with van der Waals surface area (Å²) in [5.41, 5.74) is 1.33. The van der Waals surface area contributed by atoms with E-state index in [0.717, 1.165) is 19.5 Å². The maximum absolute atomic E-state index is 13.1. The standard InChI is InChI=1S/C22H23N5O4/c1-30-17-11-14(20(29)27-9-6-22(13-27)4-5-22)10-15(18(17)31-2)24-19(28)16-12-26-8-3-7-23-21(26)25-16/h3,7-8,10-12H,4-6,9,13H2,1-2H3,(H,24,28). The predicted octanol–water partition coefficient (Wildman–Crippen LogP) is 2.62. The number of carbonyl (C=O) groups is 2. The van der Waals surface area contributed by atoms with E-state index in [1.54, 1.807) is 41.2 Å². The van der Waals surface area contributed by atoms with Gasteiger partial charge in [0.2, 0.25) is 5.78 Å². The highest BCUT2D eigenvalue weighted by molar-refractivity contribution is 6.05. The number of rotatable bonds is 5. The summed E-state index contributed by atoms with van der Waals surface area (Å²) < 4.78 is 12.6. The van der Waals surface area contributed by atoms with Gasteiger partial charge in [0.05, 0.1) is 19.9 Å². The number of amides is 2. The lowest BCUT2D eigenvalue weighted by Gasteiger charge is -2.19. The van der Waals surface area contributed by atoms with Gasteiger partial charge in [-0.05, 0) is 42.9 Å². The van der Waals surface area contributed by atoms with Crippen LogP contribution in [-0.4, -0.2) is 58.4 Å². The number of carbonyl (C=O) groups excluding carboxylic acids is 2. The van der Waals surface area contributed by atoms with E-state index in [9.17, 15) is 9.59 Å². The van der Waals surface area contributed by atoms with Gasteiger partial charge in [0, 0.05) is 37.2 Å². The molecule has 3 heterocycles. The van der Waals surface area contributed by atoms with E-state index < -0.39 is 5.91 Å². The number of benzene rings is 1. The minimum Gasteiger partial charge on any atom is -0.493 e. The van der Waals surface area contributed by atoms with Crippen molar-refractivity contribution in [1.29, 1.82) is 0 Å². The van der Waals surface area contributed by atoms with Gasteiger partial charge in [-0.15, -0.1) is 0 Å². The lowest BCUT2D eigenvalue weighted by molar-refractivity contribution is 0.0784. The zero-order valence-corrected chi connectivity index (χ0v) is 17.4. The van der Waals surface area contributed by atoms with Crippen LogP contribution in [0.5, 0.6) is 11.5 Å². The molecule has 1 N–H and O–H groups in total. The second-order valence-corrected chi connectivity index (χ2v) is 8.14. The van der Waals surface area contributed by atoms with Gasteiger partial charge < -0.3 is 19.7 Å². The fourth-order valence-electron chi connectivity index (χ4n) is 4.18. The van der Waals surface area contributed by atoms with Crippen molar-refractivity contribution in [3.05, 3.63) is 48.0 Å². The summed E-state index contributed by atoms with van der Waals surface area (Å²) >= 11 is 0. The number of nitrogens with one attached hydrogen (secondary N) is 1. The van der Waals surface area contributed by atoms with Crippen LogP contribution in [0, 0.1) is 5.41 Å². The molecule has 1 aromatic carbocycles. The van der Waals surface area contributed by atoms with Crippen LogP contribution in [0.2, 0.25) is 0 Å². The Bertz CT molecular complexity index is 1150. The molecule has 1 saturated carbocycles. The molecule has 9 nitrogen and oxygen atoms in total. The Labute approximate surface area is 179 Å². The molecule has 3 aromatic rings. The quantitative estimate of drug-likeness (QED) is 0.680. The summed E-state index contributed by atoms with van der Waals surface area (Å²) in [6, 6.07) is 5.04. The molecule has 1 aliphatic heterocycles. The smallest absolute Gasteiger partial charge is 0.276 e. The van der Waals surface area contributed by atoms with E-state index in [2.05, 4.69) is 15.3 Å². The highest BCUT2D eigenvalue weighted by Gasteiger charge is 2.48. The minimum atomic E-state index is -0.437. The molecule has 0 bridgehead atoms. The Morgan fingerprint density at radius 3 is 2.68 bits per heavy atom. The van der Waals surface area contributed by atoms with Gasteiger partial charge >= 0.3 is 0 Å². The lowest BCUT2D eigenvalue weighted by Crippen LogP contribution is -2.29. The molecule has 0 atom stereocenters. The molecule has 1 spiro atoms. The molecule has 9 heteroatoms. The summed E-state index contributed by atoms with van der Waals surface area (Å²) in [5, 5.41) is 2.81. The Morgan fingerprint density at radius 2 is 2.00 bits per heavy atom. The summed E-state index contributed by atoms with van der Waals surface area (Å²) in [4.78, 5) is 36.3. The fraction of sp³-hybridized carbons (Fsp3) is 0.364. The zero-order valence-electron chi connectivity index (χ0n) is 17.4. The third-order valence-electron chi connectivity index (χ3n) is 6.12. The first-order chi connectivity index (χ1) is 15.0. The van der Waals surface area contributed by atoms with E-state index in [0.29, 0.717) is 33.9 Å². The summed E-state index contributed by atoms with van der Waals surface area (Å²) in [7, 11) is 2.99. The molecule has 0 unspecified atom stereocenters. The van der Waals surface area contributed by atoms with E-state index in [1.165, 1.54) is 27.1 Å². The number of hydrogen-bond acceptors (Lipinski definition) is 6. The molecule has 2 aliphatic rings. The van der Waals surface area contributed by atoms with Crippen molar-refractivity contribution in [2.45, 2.75) is 19.3 Å². The van der Waals surface area contributed by atoms with Crippen LogP contribution in [-0.2, 0) is 0 Å². The van der Waals surface area contributed by atoms with Gasteiger partial charge in [0.15, 0.2) is 11.5 Å². The van der Waals surface area contributed by atoms with Crippen LogP contribution in [0.1, 0.15) is 40.1 Å². The number of likely N-dealkylation sites (tertiary alicyclic amines) is 1. The van der Waals surface area contributed by atoms with Crippen molar-refractivity contribution in [2.24, 2.45) is 5.41 Å². The fourth-order valence-corrected chi connectivity index (χ4v) is 4.18. The van der Waals surface area contributed by atoms with Crippen LogP contribution >= 0.6 is 0 Å². The average Bonchev–Trinajstić information content (AvgIpc) is 3.21. The molecule has 160 valence electrons. The number of hydrogen-bond donors (Lipinski definition) is 1. The van der Waals surface area contributed by atoms with Gasteiger partial charge in [-0.25, -0.2) is 9.97 Å². The van der Waals surface area contributed by atoms with Crippen LogP contribution in [0.25, 0.3) is 5.78 Å². The number of imidazole rings is 1. The van der Waals surface area contributed by atoms with Crippen molar-refractivity contribution in [1.82, 2.24) is 19.3 Å². The number of aromatic nitrogens is 3. The Hall–Kier alpha value is -3.62. The monoisotopic (exact) mass is 421 g/mol. The van der Waals surface area contributed by atoms with Gasteiger partial charge in [-0.2, -0.15) is 0 Å². The van der Waals surface area contributed by atoms with Crippen molar-refractivity contribution >= 4 is 23.3 Å². The zero-order chi connectivity index (χ0) is 21.6. The molecule has 2 aromatic heterocycles. The Morgan fingerprint density at radius 1 is 1.16 bits per heavy atom. The number of ether oxygens (including phenoxy) is 2. The number of anilines is 1. The first kappa shape index (κ1) is 19.3. The molecule has 5 rings (SSSR count). The van der Waals surface area contributed by atoms with E-state index in [1.807, 2.05) is 4.90 Å². The minimum absolute atomic E-state index is 0.0721. The maximum atomic E-state index is 13.1. The van der Waals surface area contributed by atoms with Crippen molar-refractivity contribution in [2.75, 3.05) is 32.6 Å². The molecular weight excluding hydrogens is 398 g/mol. The van der Waals surface area contributed by atoms with Crippen molar-refractivity contribution < 1.29 is 19.1 Å². The van der Waals surface area contributed by atoms with Gasteiger partial charge in [0.25, 0.3) is 11.8 Å². The summed E-state index contributed by atoms with van der Waals surface area (Å²) in [6.07, 6.45) is 8.40. The molecule has 2 amide bonds.